The van der Waals surface area contributed by atoms with E-state index in [2.05, 4.69) is 30.3 Å². The van der Waals surface area contributed by atoms with Crippen molar-refractivity contribution in [2.75, 3.05) is 7.05 Å². The molecule has 0 saturated carbocycles. The normalized spacial score (nSPS) is 13.2. The summed E-state index contributed by atoms with van der Waals surface area (Å²) in [7, 11) is 1.92. The molecule has 0 aliphatic heterocycles. The van der Waals surface area contributed by atoms with E-state index >= 15 is 0 Å². The number of fused-ring (bicyclic) bond motifs is 1. The maximum absolute atomic E-state index is 6.38. The third kappa shape index (κ3) is 2.34. The van der Waals surface area contributed by atoms with Gasteiger partial charge in [0.25, 0.3) is 0 Å². The lowest BCUT2D eigenvalue weighted by molar-refractivity contribution is 0.482. The minimum Gasteiger partial charge on any atom is -0.464 e. The number of rotatable bonds is 4. The zero-order valence-electron chi connectivity index (χ0n) is 12.3. The number of nitrogens with zero attached hydrogens (tertiary/aromatic N) is 2. The standard InChI is InChI=1S/C16H18ClN3O/c1-10(2)20-16(13(17)8-19-20)15(18-3)12-9-21-14-7-5-4-6-11(12)14/h4-10,15,18H,1-3H3. The molecule has 4 nitrogen and oxygen atoms in total. The van der Waals surface area contributed by atoms with E-state index in [1.54, 1.807) is 12.5 Å². The van der Waals surface area contributed by atoms with Crippen LogP contribution in [0.2, 0.25) is 5.02 Å². The van der Waals surface area contributed by atoms with Gasteiger partial charge in [0.15, 0.2) is 0 Å². The van der Waals surface area contributed by atoms with Crippen LogP contribution in [0.4, 0.5) is 0 Å². The molecule has 0 saturated heterocycles. The number of furan rings is 1. The number of nitrogens with one attached hydrogen (secondary N) is 1. The molecule has 1 N–H and O–H groups in total. The molecule has 1 aromatic carbocycles. The van der Waals surface area contributed by atoms with Crippen LogP contribution in [0.3, 0.4) is 0 Å². The molecule has 21 heavy (non-hydrogen) atoms. The predicted molar refractivity (Wildman–Crippen MR) is 84.7 cm³/mol. The molecular weight excluding hydrogens is 286 g/mol. The summed E-state index contributed by atoms with van der Waals surface area (Å²) in [6.45, 7) is 4.18. The van der Waals surface area contributed by atoms with Gasteiger partial charge in [-0.05, 0) is 27.0 Å². The van der Waals surface area contributed by atoms with E-state index in [4.69, 9.17) is 16.0 Å². The fourth-order valence-corrected chi connectivity index (χ4v) is 2.93. The molecule has 110 valence electrons. The summed E-state index contributed by atoms with van der Waals surface area (Å²) in [5, 5.41) is 9.47. The van der Waals surface area contributed by atoms with Crippen molar-refractivity contribution in [3.63, 3.8) is 0 Å². The van der Waals surface area contributed by atoms with Gasteiger partial charge in [-0.15, -0.1) is 0 Å². The van der Waals surface area contributed by atoms with Gasteiger partial charge in [0.05, 0.1) is 29.2 Å². The molecule has 0 aliphatic rings. The lowest BCUT2D eigenvalue weighted by Gasteiger charge is -2.20. The van der Waals surface area contributed by atoms with E-state index in [-0.39, 0.29) is 12.1 Å². The van der Waals surface area contributed by atoms with Crippen LogP contribution >= 0.6 is 11.6 Å². The van der Waals surface area contributed by atoms with Crippen molar-refractivity contribution in [2.24, 2.45) is 0 Å². The molecule has 2 heterocycles. The summed E-state index contributed by atoms with van der Waals surface area (Å²) in [5.41, 5.74) is 2.90. The summed E-state index contributed by atoms with van der Waals surface area (Å²) in [6.07, 6.45) is 3.49. The van der Waals surface area contributed by atoms with E-state index < -0.39 is 0 Å². The van der Waals surface area contributed by atoms with E-state index in [1.165, 1.54) is 0 Å². The van der Waals surface area contributed by atoms with Crippen LogP contribution in [0.1, 0.15) is 37.2 Å². The number of hydrogen-bond donors (Lipinski definition) is 1. The minimum atomic E-state index is -0.0638. The van der Waals surface area contributed by atoms with E-state index in [0.29, 0.717) is 5.02 Å². The summed E-state index contributed by atoms with van der Waals surface area (Å²) in [6, 6.07) is 8.17. The largest absolute Gasteiger partial charge is 0.464 e. The SMILES string of the molecule is CNC(c1coc2ccccc12)c1c(Cl)cnn1C(C)C. The molecule has 5 heteroatoms. The van der Waals surface area contributed by atoms with Gasteiger partial charge in [-0.1, -0.05) is 29.8 Å². The zero-order chi connectivity index (χ0) is 15.0. The number of hydrogen-bond acceptors (Lipinski definition) is 3. The fourth-order valence-electron chi connectivity index (χ4n) is 2.69. The van der Waals surface area contributed by atoms with Crippen molar-refractivity contribution in [3.8, 4) is 0 Å². The van der Waals surface area contributed by atoms with Crippen LogP contribution in [-0.4, -0.2) is 16.8 Å². The fraction of sp³-hybridized carbons (Fsp3) is 0.312. The summed E-state index contributed by atoms with van der Waals surface area (Å²) in [4.78, 5) is 0. The zero-order valence-corrected chi connectivity index (χ0v) is 13.1. The van der Waals surface area contributed by atoms with Crippen LogP contribution in [0.25, 0.3) is 11.0 Å². The Bertz CT molecular complexity index is 760. The van der Waals surface area contributed by atoms with Crippen molar-refractivity contribution in [3.05, 3.63) is 53.0 Å². The molecule has 1 unspecified atom stereocenters. The molecule has 3 aromatic rings. The van der Waals surface area contributed by atoms with Gasteiger partial charge >= 0.3 is 0 Å². The predicted octanol–water partition coefficient (Wildman–Crippen LogP) is 4.17. The highest BCUT2D eigenvalue weighted by Crippen LogP contribution is 2.34. The first-order chi connectivity index (χ1) is 10.1. The second-order valence-electron chi connectivity index (χ2n) is 5.32. The van der Waals surface area contributed by atoms with Crippen LogP contribution in [0.15, 0.2) is 41.1 Å². The Balaban J connectivity index is 2.17. The maximum atomic E-state index is 6.38. The van der Waals surface area contributed by atoms with E-state index in [0.717, 1.165) is 22.2 Å². The quantitative estimate of drug-likeness (QED) is 0.786. The maximum Gasteiger partial charge on any atom is 0.134 e. The Hall–Kier alpha value is -1.78. The monoisotopic (exact) mass is 303 g/mol. The van der Waals surface area contributed by atoms with E-state index in [9.17, 15) is 0 Å². The Labute approximate surface area is 128 Å². The van der Waals surface area contributed by atoms with Crippen LogP contribution in [0, 0.1) is 0 Å². The Morgan fingerprint density at radius 2 is 2.05 bits per heavy atom. The van der Waals surface area contributed by atoms with Crippen LogP contribution in [0.5, 0.6) is 0 Å². The third-order valence-corrected chi connectivity index (χ3v) is 3.95. The summed E-state index contributed by atoms with van der Waals surface area (Å²) < 4.78 is 7.61. The molecule has 2 aromatic heterocycles. The lowest BCUT2D eigenvalue weighted by Crippen LogP contribution is -2.22. The molecule has 0 spiro atoms. The molecule has 3 rings (SSSR count). The number of benzene rings is 1. The van der Waals surface area contributed by atoms with Crippen molar-refractivity contribution >= 4 is 22.6 Å². The third-order valence-electron chi connectivity index (χ3n) is 3.66. The highest BCUT2D eigenvalue weighted by atomic mass is 35.5. The van der Waals surface area contributed by atoms with Crippen molar-refractivity contribution in [2.45, 2.75) is 25.9 Å². The molecule has 0 fully saturated rings. The lowest BCUT2D eigenvalue weighted by atomic mass is 10.0. The second kappa shape index (κ2) is 5.54. The Morgan fingerprint density at radius 1 is 1.29 bits per heavy atom. The average Bonchev–Trinajstić information content (AvgIpc) is 3.06. The molecular formula is C16H18ClN3O. The first kappa shape index (κ1) is 14.2. The van der Waals surface area contributed by atoms with Crippen molar-refractivity contribution in [1.82, 2.24) is 15.1 Å². The topological polar surface area (TPSA) is 43.0 Å². The highest BCUT2D eigenvalue weighted by Gasteiger charge is 2.24. The Morgan fingerprint density at radius 3 is 2.76 bits per heavy atom. The van der Waals surface area contributed by atoms with Gasteiger partial charge in [-0.3, -0.25) is 4.68 Å². The van der Waals surface area contributed by atoms with Crippen molar-refractivity contribution < 1.29 is 4.42 Å². The van der Waals surface area contributed by atoms with Gasteiger partial charge in [-0.2, -0.15) is 5.10 Å². The molecule has 1 atom stereocenters. The van der Waals surface area contributed by atoms with Gasteiger partial charge in [0, 0.05) is 17.0 Å². The van der Waals surface area contributed by atoms with Crippen LogP contribution in [-0.2, 0) is 0 Å². The molecule has 0 aliphatic carbocycles. The van der Waals surface area contributed by atoms with E-state index in [1.807, 2.05) is 29.9 Å². The highest BCUT2D eigenvalue weighted by molar-refractivity contribution is 6.31. The molecule has 0 amide bonds. The first-order valence-electron chi connectivity index (χ1n) is 6.99. The molecule has 0 radical (unpaired) electrons. The van der Waals surface area contributed by atoms with Gasteiger partial charge < -0.3 is 9.73 Å². The second-order valence-corrected chi connectivity index (χ2v) is 5.73. The first-order valence-corrected chi connectivity index (χ1v) is 7.37. The Kier molecular flexibility index (Phi) is 3.74. The number of aromatic nitrogens is 2. The smallest absolute Gasteiger partial charge is 0.134 e. The van der Waals surface area contributed by atoms with Crippen LogP contribution < -0.4 is 5.32 Å². The average molecular weight is 304 g/mol. The van der Waals surface area contributed by atoms with Crippen molar-refractivity contribution in [1.29, 1.82) is 0 Å². The summed E-state index contributed by atoms with van der Waals surface area (Å²) in [5.74, 6) is 0. The summed E-state index contributed by atoms with van der Waals surface area (Å²) >= 11 is 6.38. The van der Waals surface area contributed by atoms with Gasteiger partial charge in [0.2, 0.25) is 0 Å². The molecule has 0 bridgehead atoms. The van der Waals surface area contributed by atoms with Gasteiger partial charge in [-0.25, -0.2) is 0 Å². The minimum absolute atomic E-state index is 0.0638. The van der Waals surface area contributed by atoms with Gasteiger partial charge in [0.1, 0.15) is 5.58 Å². The number of halogens is 1. The number of para-hydroxylation sites is 1.